The van der Waals surface area contributed by atoms with Gasteiger partial charge in [0, 0.05) is 80.8 Å². The van der Waals surface area contributed by atoms with Crippen molar-refractivity contribution in [1.29, 1.82) is 0 Å². The van der Waals surface area contributed by atoms with Gasteiger partial charge in [0.05, 0.1) is 25.3 Å². The topological polar surface area (TPSA) is 103 Å². The molecule has 9 nitrogen and oxygen atoms in total. The minimum Gasteiger partial charge on any atom is -0.445 e. The molecule has 1 aromatic carbocycles. The van der Waals surface area contributed by atoms with E-state index in [9.17, 15) is 4.79 Å². The van der Waals surface area contributed by atoms with Gasteiger partial charge in [-0.15, -0.1) is 0 Å². The maximum atomic E-state index is 12.0. The van der Waals surface area contributed by atoms with Crippen LogP contribution in [-0.4, -0.2) is 63.7 Å². The number of benzene rings is 1. The van der Waals surface area contributed by atoms with E-state index >= 15 is 0 Å². The Morgan fingerprint density at radius 3 is 2.89 bits per heavy atom. The molecule has 3 unspecified atom stereocenters. The van der Waals surface area contributed by atoms with Gasteiger partial charge in [-0.1, -0.05) is 5.11 Å². The summed E-state index contributed by atoms with van der Waals surface area (Å²) in [7, 11) is 0. The van der Waals surface area contributed by atoms with Gasteiger partial charge in [0.2, 0.25) is 0 Å². The van der Waals surface area contributed by atoms with Crippen LogP contribution in [0.3, 0.4) is 0 Å². The first-order valence-corrected chi connectivity index (χ1v) is 8.27. The van der Waals surface area contributed by atoms with Crippen LogP contribution in [0.25, 0.3) is 10.4 Å². The minimum absolute atomic E-state index is 0. The summed E-state index contributed by atoms with van der Waals surface area (Å²) >= 11 is 0. The van der Waals surface area contributed by atoms with Crippen molar-refractivity contribution in [2.45, 2.75) is 18.2 Å². The number of hydrogen-bond acceptors (Lipinski definition) is 6. The summed E-state index contributed by atoms with van der Waals surface area (Å²) in [5.74, 6) is 0. The van der Waals surface area contributed by atoms with Gasteiger partial charge in [-0.2, -0.15) is 5.69 Å². The normalized spacial score (nSPS) is 26.4. The van der Waals surface area contributed by atoms with Gasteiger partial charge in [-0.25, -0.2) is 10.5 Å². The summed E-state index contributed by atoms with van der Waals surface area (Å²) in [5, 5.41) is 6.81. The van der Waals surface area contributed by atoms with Crippen molar-refractivity contribution in [1.82, 2.24) is 5.32 Å². The molecule has 11 heteroatoms. The number of carbonyl (C=O) groups excluding carboxylic acids is 1. The van der Waals surface area contributed by atoms with Crippen molar-refractivity contribution in [3.05, 3.63) is 34.7 Å². The third kappa shape index (κ3) is 4.77. The molecule has 27 heavy (non-hydrogen) atoms. The third-order valence-corrected chi connectivity index (χ3v) is 4.73. The summed E-state index contributed by atoms with van der Waals surface area (Å²) in [6.07, 6.45) is -0.669. The predicted octanol–water partition coefficient (Wildman–Crippen LogP) is 1.10. The third-order valence-electron chi connectivity index (χ3n) is 4.73. The van der Waals surface area contributed by atoms with Crippen molar-refractivity contribution >= 4 is 17.5 Å². The molecular weight excluding hydrogens is 613 g/mol. The summed E-state index contributed by atoms with van der Waals surface area (Å²) in [4.78, 5) is 18.4. The molecule has 1 radical (unpaired) electrons. The maximum absolute atomic E-state index is 12.0. The Kier molecular flexibility index (Phi) is 8.38. The van der Waals surface area contributed by atoms with Crippen molar-refractivity contribution in [2.75, 3.05) is 49.1 Å². The molecule has 1 N–H and O–H groups in total. The molecule has 1 aromatic rings. The SMILES string of the molecule is [N-]=[N+]=NCC1CN(c2c[c-]c(N3CCOC4CNCC43)[c-]c2)C(=O)O1.[U].[V]. The number of rotatable bonds is 4. The number of amides is 1. The number of ether oxygens (including phenoxy) is 2. The van der Waals surface area contributed by atoms with Crippen LogP contribution in [0.1, 0.15) is 0 Å². The molecule has 3 atom stereocenters. The van der Waals surface area contributed by atoms with Crippen LogP contribution in [0, 0.1) is 43.2 Å². The standard InChI is InChI=1S/C16H18N6O3.U.V/c17-20-19-7-13-10-22(16(23)25-13)12-3-1-11(2-4-12)21-5-6-24-15-9-18-8-14(15)21;;/h3-4,13-15,18H,5-10H2;;/q-2;;. The van der Waals surface area contributed by atoms with Crippen molar-refractivity contribution in [2.24, 2.45) is 5.11 Å². The first kappa shape index (κ1) is 22.4. The van der Waals surface area contributed by atoms with Gasteiger partial charge < -0.3 is 36.7 Å². The number of cyclic esters (lactones) is 1. The van der Waals surface area contributed by atoms with Gasteiger partial charge in [0.25, 0.3) is 0 Å². The van der Waals surface area contributed by atoms with Gasteiger partial charge in [-0.05, 0) is 5.53 Å². The fraction of sp³-hybridized carbons (Fsp3) is 0.562. The smallest absolute Gasteiger partial charge is 0.393 e. The van der Waals surface area contributed by atoms with Gasteiger partial charge in [-0.3, -0.25) is 12.1 Å². The van der Waals surface area contributed by atoms with Crippen molar-refractivity contribution in [3.63, 3.8) is 0 Å². The first-order valence-electron chi connectivity index (χ1n) is 8.27. The Labute approximate surface area is 193 Å². The molecule has 141 valence electrons. The van der Waals surface area contributed by atoms with E-state index in [-0.39, 0.29) is 68.4 Å². The molecule has 0 saturated carbocycles. The number of hydrogen-bond donors (Lipinski definition) is 1. The maximum Gasteiger partial charge on any atom is 0.393 e. The number of anilines is 2. The molecule has 3 heterocycles. The van der Waals surface area contributed by atoms with E-state index in [1.165, 1.54) is 4.90 Å². The molecule has 0 bridgehead atoms. The number of nitrogens with one attached hydrogen (secondary N) is 1. The zero-order valence-electron chi connectivity index (χ0n) is 14.5. The number of azide groups is 1. The number of nitrogens with zero attached hydrogens (tertiary/aromatic N) is 5. The second-order valence-electron chi connectivity index (χ2n) is 6.21. The van der Waals surface area contributed by atoms with Crippen LogP contribution in [-0.2, 0) is 28.0 Å². The summed E-state index contributed by atoms with van der Waals surface area (Å²) in [5.41, 5.74) is 9.92. The first-order chi connectivity index (χ1) is 12.3. The van der Waals surface area contributed by atoms with E-state index < -0.39 is 12.2 Å². The van der Waals surface area contributed by atoms with E-state index in [1.54, 1.807) is 12.1 Å². The average Bonchev–Trinajstić information content (AvgIpc) is 3.26. The fourth-order valence-electron chi connectivity index (χ4n) is 3.51. The van der Waals surface area contributed by atoms with Gasteiger partial charge in [0.15, 0.2) is 0 Å². The van der Waals surface area contributed by atoms with Gasteiger partial charge >= 0.3 is 6.09 Å². The van der Waals surface area contributed by atoms with Gasteiger partial charge in [0.1, 0.15) is 6.10 Å². The Balaban J connectivity index is 0.00000131. The zero-order chi connectivity index (χ0) is 17.2. The molecule has 0 aromatic heterocycles. The molecule has 4 rings (SSSR count). The molecule has 0 aliphatic carbocycles. The summed E-state index contributed by atoms with van der Waals surface area (Å²) in [6, 6.07) is 10.3. The molecule has 3 aliphatic rings. The van der Waals surface area contributed by atoms with E-state index in [0.717, 1.165) is 25.3 Å². The molecule has 3 saturated heterocycles. The summed E-state index contributed by atoms with van der Waals surface area (Å²) < 4.78 is 11.0. The molecule has 3 fully saturated rings. The van der Waals surface area contributed by atoms with E-state index in [2.05, 4.69) is 32.4 Å². The fourth-order valence-corrected chi connectivity index (χ4v) is 3.51. The second-order valence-corrected chi connectivity index (χ2v) is 6.21. The number of fused-ring (bicyclic) bond motifs is 1. The van der Waals surface area contributed by atoms with Crippen molar-refractivity contribution in [3.8, 4) is 0 Å². The number of carbonyl (C=O) groups is 1. The van der Waals surface area contributed by atoms with E-state index in [1.807, 2.05) is 0 Å². The Bertz CT molecular complexity index is 702. The van der Waals surface area contributed by atoms with Crippen LogP contribution < -0.4 is 15.1 Å². The van der Waals surface area contributed by atoms with Crippen LogP contribution >= 0.6 is 0 Å². The Morgan fingerprint density at radius 2 is 2.15 bits per heavy atom. The van der Waals surface area contributed by atoms with E-state index in [0.29, 0.717) is 18.8 Å². The van der Waals surface area contributed by atoms with Crippen molar-refractivity contribution < 1.29 is 63.9 Å². The molecule has 0 spiro atoms. The second kappa shape index (κ2) is 10.1. The largest absolute Gasteiger partial charge is 0.445 e. The molecule has 1 amide bonds. The number of morpholine rings is 1. The van der Waals surface area contributed by atoms with Crippen LogP contribution in [0.5, 0.6) is 0 Å². The van der Waals surface area contributed by atoms with Crippen LogP contribution in [0.15, 0.2) is 17.2 Å². The average molecular weight is 631 g/mol. The molecular formula is C16H18N6O3UV-2. The Hall–Kier alpha value is -0.844. The summed E-state index contributed by atoms with van der Waals surface area (Å²) in [6.45, 7) is 3.72. The predicted molar refractivity (Wildman–Crippen MR) is 89.5 cm³/mol. The minimum atomic E-state index is -0.445. The van der Waals surface area contributed by atoms with E-state index in [4.69, 9.17) is 15.0 Å². The molecule has 3 aliphatic heterocycles. The van der Waals surface area contributed by atoms with Crippen LogP contribution in [0.4, 0.5) is 16.2 Å². The van der Waals surface area contributed by atoms with Crippen LogP contribution in [0.2, 0.25) is 0 Å². The Morgan fingerprint density at radius 1 is 1.37 bits per heavy atom. The monoisotopic (exact) mass is 631 g/mol. The zero-order valence-corrected chi connectivity index (χ0v) is 20.1. The quantitative estimate of drug-likeness (QED) is 0.232.